The Labute approximate surface area is 73.1 Å². The van der Waals surface area contributed by atoms with Gasteiger partial charge in [0, 0.05) is 0 Å². The van der Waals surface area contributed by atoms with Crippen LogP contribution >= 0.6 is 0 Å². The van der Waals surface area contributed by atoms with Crippen molar-refractivity contribution in [2.24, 2.45) is 0 Å². The maximum absolute atomic E-state index is 12.4. The molecule has 1 fully saturated rings. The molecule has 1 aliphatic rings. The molecule has 0 aliphatic carbocycles. The monoisotopic (exact) mass is 220 g/mol. The van der Waals surface area contributed by atoms with E-state index in [0.717, 1.165) is 0 Å². The molecule has 0 aromatic rings. The van der Waals surface area contributed by atoms with Crippen LogP contribution < -0.4 is 0 Å². The Morgan fingerprint density at radius 3 is 1.86 bits per heavy atom. The van der Waals surface area contributed by atoms with Crippen molar-refractivity contribution in [3.63, 3.8) is 0 Å². The van der Waals surface area contributed by atoms with Crippen LogP contribution in [-0.4, -0.2) is 23.7 Å². The van der Waals surface area contributed by atoms with Crippen LogP contribution in [0.2, 0.25) is 0 Å². The molecule has 0 radical (unpaired) electrons. The molecule has 0 bridgehead atoms. The van der Waals surface area contributed by atoms with Gasteiger partial charge in [0.2, 0.25) is 0 Å². The first-order valence-corrected chi connectivity index (χ1v) is 3.10. The first-order valence-electron chi connectivity index (χ1n) is 3.10. The summed E-state index contributed by atoms with van der Waals surface area (Å²) in [6.45, 7) is 2.27. The number of ether oxygens (including phenoxy) is 1. The third-order valence-corrected chi connectivity index (χ3v) is 1.61. The fourth-order valence-electron chi connectivity index (χ4n) is 0.741. The highest BCUT2D eigenvalue weighted by Gasteiger charge is 2.80. The summed E-state index contributed by atoms with van der Waals surface area (Å²) in [6.07, 6.45) is 0. The highest BCUT2D eigenvalue weighted by Crippen LogP contribution is 2.52. The summed E-state index contributed by atoms with van der Waals surface area (Å²) in [5, 5.41) is 0. The average Bonchev–Trinajstić information content (AvgIpc) is 2.01. The molecule has 1 saturated heterocycles. The molecule has 0 aromatic carbocycles. The van der Waals surface area contributed by atoms with Gasteiger partial charge in [-0.1, -0.05) is 6.58 Å². The Kier molecular flexibility index (Phi) is 1.88. The third kappa shape index (κ3) is 0.962. The lowest BCUT2D eigenvalue weighted by molar-refractivity contribution is -0.318. The summed E-state index contributed by atoms with van der Waals surface area (Å²) < 4.78 is 77.5. The van der Waals surface area contributed by atoms with Gasteiger partial charge in [-0.25, -0.2) is 4.79 Å². The molecule has 0 spiro atoms. The second-order valence-corrected chi connectivity index (χ2v) is 2.54. The molecular formula is C6H2F6O2. The number of halogens is 6. The van der Waals surface area contributed by atoms with Crippen molar-refractivity contribution in [3.05, 3.63) is 12.3 Å². The largest absolute Gasteiger partial charge is 0.420 e. The fraction of sp³-hybridized carbons (Fsp3) is 0.500. The van der Waals surface area contributed by atoms with Crippen molar-refractivity contribution in [2.75, 3.05) is 0 Å². The molecule has 1 rings (SSSR count). The van der Waals surface area contributed by atoms with E-state index in [0.29, 0.717) is 0 Å². The van der Waals surface area contributed by atoms with E-state index < -0.39 is 29.5 Å². The Bertz CT molecular complexity index is 279. The van der Waals surface area contributed by atoms with E-state index in [2.05, 4.69) is 11.3 Å². The minimum absolute atomic E-state index is 1.99. The van der Waals surface area contributed by atoms with Crippen LogP contribution in [0, 0.1) is 0 Å². The second-order valence-electron chi connectivity index (χ2n) is 2.54. The molecule has 0 atom stereocenters. The predicted octanol–water partition coefficient (Wildman–Crippen LogP) is 1.96. The van der Waals surface area contributed by atoms with Gasteiger partial charge in [-0.15, -0.1) is 0 Å². The Hall–Kier alpha value is -1.21. The van der Waals surface area contributed by atoms with Gasteiger partial charge in [-0.2, -0.15) is 26.3 Å². The second kappa shape index (κ2) is 2.43. The number of rotatable bonds is 0. The summed E-state index contributed by atoms with van der Waals surface area (Å²) in [6, 6.07) is 0. The Morgan fingerprint density at radius 2 is 1.43 bits per heavy atom. The van der Waals surface area contributed by atoms with Gasteiger partial charge in [0.05, 0.1) is 0 Å². The molecule has 0 N–H and O–H groups in total. The Morgan fingerprint density at radius 1 is 1.00 bits per heavy atom. The van der Waals surface area contributed by atoms with E-state index in [9.17, 15) is 31.1 Å². The van der Waals surface area contributed by atoms with Crippen molar-refractivity contribution in [1.82, 2.24) is 0 Å². The number of carbonyl (C=O) groups excluding carboxylic acids is 1. The first kappa shape index (κ1) is 10.9. The lowest BCUT2D eigenvalue weighted by Gasteiger charge is -2.35. The fourth-order valence-corrected chi connectivity index (χ4v) is 0.741. The minimum Gasteiger partial charge on any atom is -0.420 e. The molecular weight excluding hydrogens is 218 g/mol. The van der Waals surface area contributed by atoms with E-state index in [1.807, 2.05) is 0 Å². The van der Waals surface area contributed by atoms with Crippen LogP contribution in [-0.2, 0) is 9.53 Å². The third-order valence-electron chi connectivity index (χ3n) is 1.61. The van der Waals surface area contributed by atoms with Crippen molar-refractivity contribution in [2.45, 2.75) is 17.8 Å². The van der Waals surface area contributed by atoms with Crippen LogP contribution in [0.3, 0.4) is 0 Å². The molecule has 14 heavy (non-hydrogen) atoms. The van der Waals surface area contributed by atoms with Crippen LogP contribution in [0.4, 0.5) is 26.3 Å². The van der Waals surface area contributed by atoms with Gasteiger partial charge in [-0.3, -0.25) is 0 Å². The van der Waals surface area contributed by atoms with Crippen molar-refractivity contribution < 1.29 is 35.9 Å². The van der Waals surface area contributed by atoms with E-state index >= 15 is 0 Å². The molecule has 0 unspecified atom stereocenters. The average molecular weight is 220 g/mol. The zero-order chi connectivity index (χ0) is 11.4. The first-order chi connectivity index (χ1) is 6.05. The maximum atomic E-state index is 12.4. The van der Waals surface area contributed by atoms with E-state index in [1.54, 1.807) is 0 Å². The van der Waals surface area contributed by atoms with Gasteiger partial charge in [0.25, 0.3) is 0 Å². The number of hydrogen-bond acceptors (Lipinski definition) is 2. The number of alkyl halides is 6. The van der Waals surface area contributed by atoms with Gasteiger partial charge in [0.15, 0.2) is 5.76 Å². The maximum Gasteiger partial charge on any atom is 0.411 e. The number of allylic oxidation sites excluding steroid dienone is 1. The van der Waals surface area contributed by atoms with Crippen molar-refractivity contribution >= 4 is 5.97 Å². The van der Waals surface area contributed by atoms with Crippen LogP contribution in [0.15, 0.2) is 12.3 Å². The van der Waals surface area contributed by atoms with Crippen LogP contribution in [0.25, 0.3) is 0 Å². The van der Waals surface area contributed by atoms with E-state index in [-0.39, 0.29) is 0 Å². The van der Waals surface area contributed by atoms with Crippen molar-refractivity contribution in [1.29, 1.82) is 0 Å². The molecule has 0 saturated carbocycles. The highest BCUT2D eigenvalue weighted by atomic mass is 19.3. The summed E-state index contributed by atoms with van der Waals surface area (Å²) >= 11 is 0. The molecule has 8 heteroatoms. The van der Waals surface area contributed by atoms with E-state index in [4.69, 9.17) is 0 Å². The van der Waals surface area contributed by atoms with Gasteiger partial charge >= 0.3 is 23.7 Å². The zero-order valence-corrected chi connectivity index (χ0v) is 6.29. The minimum atomic E-state index is -5.83. The van der Waals surface area contributed by atoms with E-state index in [1.165, 1.54) is 0 Å². The molecule has 1 aliphatic heterocycles. The number of cyclic esters (lactones) is 1. The lowest BCUT2D eigenvalue weighted by atomic mass is 10.0. The molecule has 1 heterocycles. The molecule has 80 valence electrons. The normalized spacial score (nSPS) is 28.4. The number of esters is 1. The van der Waals surface area contributed by atoms with Crippen LogP contribution in [0.5, 0.6) is 0 Å². The van der Waals surface area contributed by atoms with Gasteiger partial charge in [-0.05, 0) is 0 Å². The van der Waals surface area contributed by atoms with Crippen molar-refractivity contribution in [3.8, 4) is 0 Å². The number of hydrogen-bond donors (Lipinski definition) is 0. The van der Waals surface area contributed by atoms with Crippen LogP contribution in [0.1, 0.15) is 0 Å². The summed E-state index contributed by atoms with van der Waals surface area (Å²) in [5.74, 6) is -21.4. The topological polar surface area (TPSA) is 26.3 Å². The smallest absolute Gasteiger partial charge is 0.411 e. The lowest BCUT2D eigenvalue weighted by Crippen LogP contribution is -2.63. The quantitative estimate of drug-likeness (QED) is 0.460. The molecule has 0 aromatic heterocycles. The van der Waals surface area contributed by atoms with Gasteiger partial charge < -0.3 is 4.74 Å². The summed E-state index contributed by atoms with van der Waals surface area (Å²) in [5.41, 5.74) is 0. The molecule has 2 nitrogen and oxygen atoms in total. The standard InChI is InChI=1S/C6H2F6O2/c1-2-4(7,8)6(11,12)5(9,10)3(13)14-2/h1H2. The Balaban J connectivity index is 3.31. The predicted molar refractivity (Wildman–Crippen MR) is 30.1 cm³/mol. The molecule has 0 amide bonds. The summed E-state index contributed by atoms with van der Waals surface area (Å²) in [4.78, 5) is 10.2. The summed E-state index contributed by atoms with van der Waals surface area (Å²) in [7, 11) is 0. The highest BCUT2D eigenvalue weighted by molar-refractivity contribution is 5.82. The van der Waals surface area contributed by atoms with Gasteiger partial charge in [0.1, 0.15) is 0 Å². The SMILES string of the molecule is C=C1OC(=O)C(F)(F)C(F)(F)C1(F)F. The zero-order valence-electron chi connectivity index (χ0n) is 6.29. The number of carbonyl (C=O) groups is 1.